The Hall–Kier alpha value is -2.86. The van der Waals surface area contributed by atoms with Crippen molar-refractivity contribution in [3.63, 3.8) is 0 Å². The number of anilines is 1. The molecule has 0 bridgehead atoms. The number of para-hydroxylation sites is 2. The number of rotatable bonds is 2. The molecule has 6 nitrogen and oxygen atoms in total. The zero-order chi connectivity index (χ0) is 15.1. The van der Waals surface area contributed by atoms with Crippen molar-refractivity contribution in [3.8, 4) is 0 Å². The van der Waals surface area contributed by atoms with E-state index in [-0.39, 0.29) is 0 Å². The third-order valence-electron chi connectivity index (χ3n) is 3.88. The molecule has 1 amide bonds. The van der Waals surface area contributed by atoms with Gasteiger partial charge in [0, 0.05) is 18.7 Å². The van der Waals surface area contributed by atoms with Crippen molar-refractivity contribution in [1.29, 1.82) is 0 Å². The number of nitrogens with one attached hydrogen (secondary N) is 1. The van der Waals surface area contributed by atoms with Gasteiger partial charge in [0.1, 0.15) is 5.52 Å². The fraction of sp³-hybridized carbons (Fsp3) is 0.125. The fourth-order valence-corrected chi connectivity index (χ4v) is 2.83. The molecule has 0 saturated carbocycles. The first-order valence-corrected chi connectivity index (χ1v) is 6.92. The average molecular weight is 295 g/mol. The molecule has 1 aliphatic rings. The van der Waals surface area contributed by atoms with Gasteiger partial charge < -0.3 is 9.32 Å². The van der Waals surface area contributed by atoms with Gasteiger partial charge in [0.2, 0.25) is 0 Å². The fourth-order valence-electron chi connectivity index (χ4n) is 2.83. The predicted octanol–water partition coefficient (Wildman–Crippen LogP) is 2.47. The standard InChI is InChI=1S/C16H13N3O3/c20-15(18-21)11-5-3-4-10-8-19(9-12(10)11)16-17-13-6-1-2-7-14(13)22-16/h1-7,21H,8-9H2,(H,18,20). The summed E-state index contributed by atoms with van der Waals surface area (Å²) in [6, 6.07) is 13.6. The number of aromatic nitrogens is 1. The summed E-state index contributed by atoms with van der Waals surface area (Å²) in [5.41, 5.74) is 5.62. The van der Waals surface area contributed by atoms with Crippen molar-refractivity contribution >= 4 is 23.0 Å². The van der Waals surface area contributed by atoms with Crippen molar-refractivity contribution in [3.05, 3.63) is 59.2 Å². The Balaban J connectivity index is 1.71. The minimum absolute atomic E-state index is 0.471. The van der Waals surface area contributed by atoms with Crippen LogP contribution in [0, 0.1) is 0 Å². The molecule has 3 aromatic rings. The van der Waals surface area contributed by atoms with Crippen LogP contribution in [0.3, 0.4) is 0 Å². The van der Waals surface area contributed by atoms with E-state index in [2.05, 4.69) is 4.98 Å². The van der Waals surface area contributed by atoms with Crippen LogP contribution < -0.4 is 10.4 Å². The number of hydrogen-bond donors (Lipinski definition) is 2. The minimum Gasteiger partial charge on any atom is -0.423 e. The Bertz CT molecular complexity index is 839. The molecule has 110 valence electrons. The second-order valence-corrected chi connectivity index (χ2v) is 5.20. The SMILES string of the molecule is O=C(NO)c1cccc2c1CN(c1nc3ccccc3o1)C2. The van der Waals surface area contributed by atoms with Crippen molar-refractivity contribution in [2.24, 2.45) is 0 Å². The Kier molecular flexibility index (Phi) is 2.83. The highest BCUT2D eigenvalue weighted by molar-refractivity contribution is 5.95. The molecular weight excluding hydrogens is 282 g/mol. The maximum absolute atomic E-state index is 11.7. The Labute approximate surface area is 125 Å². The topological polar surface area (TPSA) is 78.6 Å². The van der Waals surface area contributed by atoms with E-state index in [1.165, 1.54) is 0 Å². The molecule has 0 aliphatic carbocycles. The molecule has 0 unspecified atom stereocenters. The third-order valence-corrected chi connectivity index (χ3v) is 3.88. The lowest BCUT2D eigenvalue weighted by Gasteiger charge is -2.11. The highest BCUT2D eigenvalue weighted by Gasteiger charge is 2.26. The largest absolute Gasteiger partial charge is 0.423 e. The molecule has 0 saturated heterocycles. The van der Waals surface area contributed by atoms with Gasteiger partial charge in [0.25, 0.3) is 11.9 Å². The monoisotopic (exact) mass is 295 g/mol. The van der Waals surface area contributed by atoms with Crippen LogP contribution in [0.25, 0.3) is 11.1 Å². The summed E-state index contributed by atoms with van der Waals surface area (Å²) in [5, 5.41) is 8.85. The van der Waals surface area contributed by atoms with Gasteiger partial charge in [0.15, 0.2) is 5.58 Å². The molecule has 1 aliphatic heterocycles. The second kappa shape index (κ2) is 4.85. The lowest BCUT2D eigenvalue weighted by atomic mass is 10.0. The van der Waals surface area contributed by atoms with Gasteiger partial charge >= 0.3 is 0 Å². The van der Waals surface area contributed by atoms with E-state index in [4.69, 9.17) is 9.62 Å². The number of carbonyl (C=O) groups excluding carboxylic acids is 1. The van der Waals surface area contributed by atoms with E-state index < -0.39 is 5.91 Å². The van der Waals surface area contributed by atoms with E-state index in [1.54, 1.807) is 17.6 Å². The van der Waals surface area contributed by atoms with E-state index >= 15 is 0 Å². The molecule has 0 fully saturated rings. The number of nitrogens with zero attached hydrogens (tertiary/aromatic N) is 2. The summed E-state index contributed by atoms with van der Waals surface area (Å²) >= 11 is 0. The van der Waals surface area contributed by atoms with Gasteiger partial charge in [-0.05, 0) is 29.3 Å². The quantitative estimate of drug-likeness (QED) is 0.561. The molecule has 1 aromatic heterocycles. The molecule has 0 radical (unpaired) electrons. The summed E-state index contributed by atoms with van der Waals surface area (Å²) < 4.78 is 5.77. The highest BCUT2D eigenvalue weighted by Crippen LogP contribution is 2.31. The zero-order valence-electron chi connectivity index (χ0n) is 11.6. The van der Waals surface area contributed by atoms with E-state index in [0.717, 1.165) is 22.2 Å². The summed E-state index contributed by atoms with van der Waals surface area (Å²) in [6.45, 7) is 1.14. The summed E-state index contributed by atoms with van der Waals surface area (Å²) in [6.07, 6.45) is 0. The average Bonchev–Trinajstić information content (AvgIpc) is 3.16. The van der Waals surface area contributed by atoms with E-state index in [0.29, 0.717) is 24.7 Å². The van der Waals surface area contributed by atoms with Gasteiger partial charge in [-0.2, -0.15) is 4.98 Å². The number of fused-ring (bicyclic) bond motifs is 2. The Morgan fingerprint density at radius 1 is 1.18 bits per heavy atom. The lowest BCUT2D eigenvalue weighted by molar-refractivity contribution is 0.0705. The van der Waals surface area contributed by atoms with Crippen LogP contribution in [0.5, 0.6) is 0 Å². The normalized spacial score (nSPS) is 13.4. The van der Waals surface area contributed by atoms with Crippen molar-refractivity contribution in [1.82, 2.24) is 10.5 Å². The Morgan fingerprint density at radius 2 is 2.05 bits per heavy atom. The first-order valence-electron chi connectivity index (χ1n) is 6.92. The number of oxazole rings is 1. The first-order chi connectivity index (χ1) is 10.8. The summed E-state index contributed by atoms with van der Waals surface area (Å²) in [5.74, 6) is -0.503. The van der Waals surface area contributed by atoms with Gasteiger partial charge in [-0.3, -0.25) is 10.0 Å². The summed E-state index contributed by atoms with van der Waals surface area (Å²) in [4.78, 5) is 18.2. The molecule has 2 heterocycles. The van der Waals surface area contributed by atoms with Gasteiger partial charge in [0.05, 0.1) is 0 Å². The van der Waals surface area contributed by atoms with Gasteiger partial charge in [-0.15, -0.1) is 0 Å². The van der Waals surface area contributed by atoms with E-state index in [9.17, 15) is 4.79 Å². The van der Waals surface area contributed by atoms with Crippen LogP contribution in [0.1, 0.15) is 21.5 Å². The maximum atomic E-state index is 11.7. The van der Waals surface area contributed by atoms with E-state index in [1.807, 2.05) is 35.2 Å². The van der Waals surface area contributed by atoms with Gasteiger partial charge in [-0.1, -0.05) is 24.3 Å². The Morgan fingerprint density at radius 3 is 2.86 bits per heavy atom. The molecular formula is C16H13N3O3. The second-order valence-electron chi connectivity index (χ2n) is 5.20. The molecule has 2 aromatic carbocycles. The molecule has 0 atom stereocenters. The van der Waals surface area contributed by atoms with Crippen LogP contribution in [-0.4, -0.2) is 16.1 Å². The van der Waals surface area contributed by atoms with Crippen molar-refractivity contribution < 1.29 is 14.4 Å². The van der Waals surface area contributed by atoms with Crippen LogP contribution in [0.4, 0.5) is 6.01 Å². The predicted molar refractivity (Wildman–Crippen MR) is 79.6 cm³/mol. The van der Waals surface area contributed by atoms with Gasteiger partial charge in [-0.25, -0.2) is 5.48 Å². The molecule has 2 N–H and O–H groups in total. The number of amides is 1. The highest BCUT2D eigenvalue weighted by atomic mass is 16.5. The number of benzene rings is 2. The lowest BCUT2D eigenvalue weighted by Crippen LogP contribution is -2.21. The number of hydrogen-bond acceptors (Lipinski definition) is 5. The molecule has 6 heteroatoms. The number of carbonyl (C=O) groups is 1. The smallest absolute Gasteiger partial charge is 0.298 e. The molecule has 0 spiro atoms. The van der Waals surface area contributed by atoms with Crippen molar-refractivity contribution in [2.45, 2.75) is 13.1 Å². The molecule has 4 rings (SSSR count). The van der Waals surface area contributed by atoms with Crippen LogP contribution in [0.2, 0.25) is 0 Å². The third kappa shape index (κ3) is 1.93. The van der Waals surface area contributed by atoms with Crippen LogP contribution in [0.15, 0.2) is 46.9 Å². The minimum atomic E-state index is -0.503. The number of hydroxylamine groups is 1. The first kappa shape index (κ1) is 12.8. The maximum Gasteiger partial charge on any atom is 0.298 e. The van der Waals surface area contributed by atoms with Crippen LogP contribution in [-0.2, 0) is 13.1 Å². The van der Waals surface area contributed by atoms with Crippen molar-refractivity contribution in [2.75, 3.05) is 4.90 Å². The zero-order valence-corrected chi connectivity index (χ0v) is 11.6. The summed E-state index contributed by atoms with van der Waals surface area (Å²) in [7, 11) is 0. The molecule has 22 heavy (non-hydrogen) atoms. The van der Waals surface area contributed by atoms with Crippen LogP contribution >= 0.6 is 0 Å².